The van der Waals surface area contributed by atoms with Crippen LogP contribution in [-0.2, 0) is 21.1 Å². The van der Waals surface area contributed by atoms with Gasteiger partial charge in [0.25, 0.3) is 0 Å². The summed E-state index contributed by atoms with van der Waals surface area (Å²) in [7, 11) is 2.36. The smallest absolute Gasteiger partial charge is 0 e. The molecule has 0 unspecified atom stereocenters. The predicted octanol–water partition coefficient (Wildman–Crippen LogP) is 0.0522. The van der Waals surface area contributed by atoms with Gasteiger partial charge in [0.2, 0.25) is 0 Å². The van der Waals surface area contributed by atoms with Crippen LogP contribution in [0.1, 0.15) is 0 Å². The number of hydrogen-bond donors (Lipinski definition) is 0. The van der Waals surface area contributed by atoms with Crippen LogP contribution in [0.4, 0.5) is 0 Å². The molecule has 0 saturated carbocycles. The minimum absolute atomic E-state index is 0. The van der Waals surface area contributed by atoms with Gasteiger partial charge in [-0.1, -0.05) is 7.05 Å². The second-order valence-corrected chi connectivity index (χ2v) is 0.333. The second-order valence-electron chi connectivity index (χ2n) is 0.333. The molecule has 0 fully saturated rings. The third kappa shape index (κ3) is 8730. The summed E-state index contributed by atoms with van der Waals surface area (Å²) in [5.74, 6) is 0. The van der Waals surface area contributed by atoms with Crippen molar-refractivity contribution in [3.05, 3.63) is 17.2 Å². The Bertz CT molecular complexity index is 32.6. The summed E-state index contributed by atoms with van der Waals surface area (Å²) in [6, 6.07) is 0. The number of nitrogens with zero attached hydrogens (tertiary/aromatic N) is 1. The van der Waals surface area contributed by atoms with Gasteiger partial charge in [0.05, 0.1) is 0 Å². The first-order valence-corrected chi connectivity index (χ1v) is 0.681. The molecule has 0 heterocycles. The number of nitro groups is 1. The van der Waals surface area contributed by atoms with Crippen molar-refractivity contribution in [1.82, 2.24) is 0 Å². The normalized spacial score (nSPS) is 4.80. The van der Waals surface area contributed by atoms with Gasteiger partial charge in [-0.05, 0) is 0 Å². The van der Waals surface area contributed by atoms with Crippen LogP contribution < -0.4 is 0 Å². The van der Waals surface area contributed by atoms with Crippen molar-refractivity contribution in [2.45, 2.75) is 0 Å². The van der Waals surface area contributed by atoms with Crippen LogP contribution >= 0.6 is 0 Å². The van der Waals surface area contributed by atoms with Crippen LogP contribution in [0.2, 0.25) is 0 Å². The van der Waals surface area contributed by atoms with E-state index in [-0.39, 0.29) is 21.1 Å². The monoisotopic (exact) mass is 244 g/mol. The molecule has 0 amide bonds. The van der Waals surface area contributed by atoms with Gasteiger partial charge in [0.15, 0.2) is 0 Å². The molecule has 0 radical (unpaired) electrons. The Labute approximate surface area is 43.8 Å². The molecule has 0 N–H and O–H groups in total. The molecule has 0 aromatic rings. The topological polar surface area (TPSA) is 43.1 Å². The van der Waals surface area contributed by atoms with E-state index in [9.17, 15) is 0 Å². The van der Waals surface area contributed by atoms with E-state index in [1.165, 1.54) is 0 Å². The average Bonchev–Trinajstić information content (AvgIpc) is 0.811. The van der Waals surface area contributed by atoms with E-state index in [4.69, 9.17) is 10.1 Å². The summed E-state index contributed by atoms with van der Waals surface area (Å²) in [4.78, 5) is 7.94. The molecule has 0 aliphatic carbocycles. The molecule has 0 spiro atoms. The molecule has 5 heavy (non-hydrogen) atoms. The largest absolute Gasteiger partial charge is 0.296 e. The Morgan fingerprint density at radius 3 is 1.80 bits per heavy atom. The van der Waals surface area contributed by atoms with E-state index in [0.29, 0.717) is 0 Å². The van der Waals surface area contributed by atoms with Crippen LogP contribution in [-0.4, -0.2) is 4.92 Å². The van der Waals surface area contributed by atoms with Crippen molar-refractivity contribution in [2.24, 2.45) is 0 Å². The number of rotatable bonds is 0. The Morgan fingerprint density at radius 1 is 1.80 bits per heavy atom. The van der Waals surface area contributed by atoms with Gasteiger partial charge in [0, 0.05) is 21.1 Å². The van der Waals surface area contributed by atoms with Crippen molar-refractivity contribution >= 4 is 0 Å². The van der Waals surface area contributed by atoms with E-state index >= 15 is 0 Å². The van der Waals surface area contributed by atoms with Crippen LogP contribution in [0.15, 0.2) is 0 Å². The molecule has 3 nitrogen and oxygen atoms in total. The summed E-state index contributed by atoms with van der Waals surface area (Å²) in [5.41, 5.74) is 0. The maximum atomic E-state index is 8.69. The molecule has 0 aromatic carbocycles. The van der Waals surface area contributed by atoms with E-state index in [1.807, 2.05) is 0 Å². The fourth-order valence-corrected chi connectivity index (χ4v) is 0. The summed E-state index contributed by atoms with van der Waals surface area (Å²) < 4.78 is 0. The standard InChI is InChI=1S/CH2NO2.W/c1-2(3)4;/h1H2;/q-1;. The maximum absolute atomic E-state index is 8.69. The van der Waals surface area contributed by atoms with Crippen LogP contribution in [0, 0.1) is 17.2 Å². The molecular formula is CH2NO2W-. The van der Waals surface area contributed by atoms with Crippen molar-refractivity contribution < 1.29 is 26.0 Å². The fourth-order valence-electron chi connectivity index (χ4n) is 0. The zero-order chi connectivity index (χ0) is 3.58. The quantitative estimate of drug-likeness (QED) is 0.343. The average molecular weight is 244 g/mol. The van der Waals surface area contributed by atoms with Gasteiger partial charge in [-0.3, -0.25) is 10.1 Å². The van der Waals surface area contributed by atoms with Gasteiger partial charge in [-0.15, -0.1) is 4.92 Å². The predicted molar refractivity (Wildman–Crippen MR) is 12.4 cm³/mol. The molecular weight excluding hydrogens is 242 g/mol. The Hall–Kier alpha value is -0.0417. The SMILES string of the molecule is [CH2-][N+](=O)[O-].[W]. The van der Waals surface area contributed by atoms with Gasteiger partial charge < -0.3 is 0 Å². The van der Waals surface area contributed by atoms with Crippen LogP contribution in [0.5, 0.6) is 0 Å². The van der Waals surface area contributed by atoms with E-state index in [0.717, 1.165) is 0 Å². The first-order chi connectivity index (χ1) is 1.73. The minimum atomic E-state index is -0.750. The second kappa shape index (κ2) is 3.96. The minimum Gasteiger partial charge on any atom is -0.296 e. The van der Waals surface area contributed by atoms with Gasteiger partial charge in [0.1, 0.15) is 0 Å². The zero-order valence-corrected chi connectivity index (χ0v) is 5.31. The number of hydrogen-bond acceptors (Lipinski definition) is 2. The summed E-state index contributed by atoms with van der Waals surface area (Å²) in [6.45, 7) is 0. The van der Waals surface area contributed by atoms with Crippen molar-refractivity contribution in [3.8, 4) is 0 Å². The summed E-state index contributed by atoms with van der Waals surface area (Å²) >= 11 is 0. The van der Waals surface area contributed by atoms with E-state index in [1.54, 1.807) is 0 Å². The molecule has 0 rings (SSSR count). The van der Waals surface area contributed by atoms with Crippen molar-refractivity contribution in [1.29, 1.82) is 0 Å². The molecule has 0 saturated heterocycles. The van der Waals surface area contributed by atoms with Gasteiger partial charge >= 0.3 is 0 Å². The van der Waals surface area contributed by atoms with Crippen LogP contribution in [0.3, 0.4) is 0 Å². The summed E-state index contributed by atoms with van der Waals surface area (Å²) in [6.07, 6.45) is 0. The van der Waals surface area contributed by atoms with Gasteiger partial charge in [-0.25, -0.2) is 0 Å². The Balaban J connectivity index is 0. The first-order valence-electron chi connectivity index (χ1n) is 0.681. The molecule has 30 valence electrons. The zero-order valence-electron chi connectivity index (χ0n) is 2.38. The first kappa shape index (κ1) is 8.88. The Kier molecular flexibility index (Phi) is 7.03. The third-order valence-corrected chi connectivity index (χ3v) is 0. The maximum Gasteiger partial charge on any atom is 0 e. The van der Waals surface area contributed by atoms with Crippen molar-refractivity contribution in [2.75, 3.05) is 0 Å². The molecule has 0 bridgehead atoms. The molecule has 0 aliphatic rings. The Morgan fingerprint density at radius 2 is 1.80 bits per heavy atom. The van der Waals surface area contributed by atoms with E-state index in [2.05, 4.69) is 7.05 Å². The molecule has 0 atom stereocenters. The third-order valence-electron chi connectivity index (χ3n) is 0. The molecule has 0 aliphatic heterocycles. The van der Waals surface area contributed by atoms with E-state index < -0.39 is 4.92 Å². The molecule has 0 aromatic heterocycles. The van der Waals surface area contributed by atoms with Gasteiger partial charge in [-0.2, -0.15) is 0 Å². The van der Waals surface area contributed by atoms with Crippen molar-refractivity contribution in [3.63, 3.8) is 0 Å². The fraction of sp³-hybridized carbons (Fsp3) is 0. The molecule has 4 heteroatoms. The van der Waals surface area contributed by atoms with Crippen LogP contribution in [0.25, 0.3) is 0 Å². The summed E-state index contributed by atoms with van der Waals surface area (Å²) in [5, 5.41) is 8.69.